The molecule has 0 saturated carbocycles. The van der Waals surface area contributed by atoms with Gasteiger partial charge in [0.2, 0.25) is 5.91 Å². The Morgan fingerprint density at radius 2 is 1.96 bits per heavy atom. The molecule has 1 aromatic heterocycles. The third-order valence-electron chi connectivity index (χ3n) is 4.60. The number of likely N-dealkylation sites (N-methyl/N-ethyl adjacent to an activating group) is 1. The molecule has 0 atom stereocenters. The molecule has 27 heavy (non-hydrogen) atoms. The maximum Gasteiger partial charge on any atom is 0.252 e. The second kappa shape index (κ2) is 8.41. The van der Waals surface area contributed by atoms with E-state index in [2.05, 4.69) is 0 Å². The van der Waals surface area contributed by atoms with Gasteiger partial charge in [-0.3, -0.25) is 4.79 Å². The molecule has 3 rings (SSSR count). The Balaban J connectivity index is 1.63. The monoisotopic (exact) mass is 408 g/mol. The van der Waals surface area contributed by atoms with Gasteiger partial charge in [0, 0.05) is 31.6 Å². The van der Waals surface area contributed by atoms with Crippen LogP contribution in [-0.4, -0.2) is 50.8 Å². The van der Waals surface area contributed by atoms with E-state index < -0.39 is 10.0 Å². The van der Waals surface area contributed by atoms with Crippen LogP contribution in [0.15, 0.2) is 40.6 Å². The number of rotatable bonds is 7. The summed E-state index contributed by atoms with van der Waals surface area (Å²) in [7, 11) is -0.0601. The predicted octanol–water partition coefficient (Wildman–Crippen LogP) is 2.74. The van der Waals surface area contributed by atoms with Crippen LogP contribution in [0.1, 0.15) is 23.3 Å². The largest absolute Gasteiger partial charge is 0.497 e. The fourth-order valence-electron chi connectivity index (χ4n) is 3.06. The Morgan fingerprint density at radius 1 is 1.22 bits per heavy atom. The topological polar surface area (TPSA) is 66.9 Å². The quantitative estimate of drug-likeness (QED) is 0.707. The van der Waals surface area contributed by atoms with Crippen LogP contribution >= 0.6 is 11.3 Å². The minimum Gasteiger partial charge on any atom is -0.497 e. The molecule has 0 radical (unpaired) electrons. The molecule has 0 bridgehead atoms. The summed E-state index contributed by atoms with van der Waals surface area (Å²) < 4.78 is 32.3. The highest BCUT2D eigenvalue weighted by molar-refractivity contribution is 7.91. The maximum absolute atomic E-state index is 12.6. The van der Waals surface area contributed by atoms with E-state index in [4.69, 9.17) is 4.74 Å². The summed E-state index contributed by atoms with van der Waals surface area (Å²) in [6.07, 6.45) is 2.01. The number of thiophene rings is 1. The molecule has 0 unspecified atom stereocenters. The van der Waals surface area contributed by atoms with Gasteiger partial charge in [0.05, 0.1) is 13.5 Å². The zero-order valence-electron chi connectivity index (χ0n) is 15.6. The third kappa shape index (κ3) is 4.69. The number of carbonyl (C=O) groups excluding carboxylic acids is 1. The second-order valence-corrected chi connectivity index (χ2v) is 9.94. The summed E-state index contributed by atoms with van der Waals surface area (Å²) in [5, 5.41) is 0. The number of methoxy groups -OCH3 is 1. The maximum atomic E-state index is 12.6. The summed E-state index contributed by atoms with van der Waals surface area (Å²) in [5.74, 6) is 0.702. The molecule has 1 fully saturated rings. The van der Waals surface area contributed by atoms with Crippen molar-refractivity contribution in [3.8, 4) is 5.75 Å². The SMILES string of the molecule is COc1cccc(CN(C)C(=O)Cc2ccc(S(=O)(=O)N3CCCC3)s2)c1. The third-order valence-corrected chi connectivity index (χ3v) is 8.05. The van der Waals surface area contributed by atoms with Gasteiger partial charge in [0.15, 0.2) is 0 Å². The summed E-state index contributed by atoms with van der Waals surface area (Å²) >= 11 is 1.19. The molecule has 1 amide bonds. The highest BCUT2D eigenvalue weighted by Gasteiger charge is 2.28. The number of carbonyl (C=O) groups is 1. The molecule has 1 aliphatic heterocycles. The van der Waals surface area contributed by atoms with Gasteiger partial charge in [-0.1, -0.05) is 12.1 Å². The van der Waals surface area contributed by atoms with Gasteiger partial charge >= 0.3 is 0 Å². The first kappa shape index (κ1) is 19.9. The molecule has 146 valence electrons. The normalized spacial score (nSPS) is 15.0. The number of hydrogen-bond donors (Lipinski definition) is 0. The lowest BCUT2D eigenvalue weighted by Crippen LogP contribution is -2.27. The standard InChI is InChI=1S/C19H24N2O4S2/c1-20(14-15-6-5-7-16(12-15)25-2)18(22)13-17-8-9-19(26-17)27(23,24)21-10-3-4-11-21/h5-9,12H,3-4,10-11,13-14H2,1-2H3. The number of hydrogen-bond acceptors (Lipinski definition) is 5. The predicted molar refractivity (Wildman–Crippen MR) is 105 cm³/mol. The van der Waals surface area contributed by atoms with Crippen LogP contribution in [-0.2, 0) is 27.8 Å². The van der Waals surface area contributed by atoms with E-state index in [0.717, 1.165) is 29.0 Å². The molecule has 2 heterocycles. The van der Waals surface area contributed by atoms with Crippen molar-refractivity contribution in [1.29, 1.82) is 0 Å². The fourth-order valence-corrected chi connectivity index (χ4v) is 6.08. The van der Waals surface area contributed by atoms with E-state index in [9.17, 15) is 13.2 Å². The first-order valence-corrected chi connectivity index (χ1v) is 11.1. The molecule has 0 N–H and O–H groups in total. The fraction of sp³-hybridized carbons (Fsp3) is 0.421. The minimum atomic E-state index is -3.42. The van der Waals surface area contributed by atoms with Gasteiger partial charge in [0.1, 0.15) is 9.96 Å². The van der Waals surface area contributed by atoms with Crippen molar-refractivity contribution in [3.63, 3.8) is 0 Å². The number of benzene rings is 1. The number of ether oxygens (including phenoxy) is 1. The van der Waals surface area contributed by atoms with Gasteiger partial charge in [-0.05, 0) is 42.7 Å². The highest BCUT2D eigenvalue weighted by Crippen LogP contribution is 2.28. The Bertz CT molecular complexity index is 902. The molecule has 6 nitrogen and oxygen atoms in total. The molecular formula is C19H24N2O4S2. The van der Waals surface area contributed by atoms with Gasteiger partial charge < -0.3 is 9.64 Å². The Hall–Kier alpha value is -1.90. The van der Waals surface area contributed by atoms with Gasteiger partial charge in [-0.2, -0.15) is 4.31 Å². The van der Waals surface area contributed by atoms with E-state index in [-0.39, 0.29) is 12.3 Å². The molecule has 2 aromatic rings. The molecule has 0 spiro atoms. The van der Waals surface area contributed by atoms with Crippen LogP contribution in [0.5, 0.6) is 5.75 Å². The van der Waals surface area contributed by atoms with Crippen LogP contribution in [0, 0.1) is 0 Å². The average Bonchev–Trinajstić information content (AvgIpc) is 3.34. The summed E-state index contributed by atoms with van der Waals surface area (Å²) in [6.45, 7) is 1.63. The van der Waals surface area contributed by atoms with Crippen molar-refractivity contribution < 1.29 is 17.9 Å². The van der Waals surface area contributed by atoms with Crippen molar-refractivity contribution in [1.82, 2.24) is 9.21 Å². The average molecular weight is 409 g/mol. The van der Waals surface area contributed by atoms with E-state index >= 15 is 0 Å². The van der Waals surface area contributed by atoms with Gasteiger partial charge in [-0.25, -0.2) is 8.42 Å². The van der Waals surface area contributed by atoms with E-state index in [1.54, 1.807) is 31.2 Å². The van der Waals surface area contributed by atoms with Crippen LogP contribution in [0.3, 0.4) is 0 Å². The van der Waals surface area contributed by atoms with Crippen LogP contribution in [0.4, 0.5) is 0 Å². The van der Waals surface area contributed by atoms with Crippen molar-refractivity contribution in [2.24, 2.45) is 0 Å². The van der Waals surface area contributed by atoms with Gasteiger partial charge in [-0.15, -0.1) is 11.3 Å². The lowest BCUT2D eigenvalue weighted by Gasteiger charge is -2.17. The highest BCUT2D eigenvalue weighted by atomic mass is 32.2. The number of sulfonamides is 1. The summed E-state index contributed by atoms with van der Waals surface area (Å²) in [5.41, 5.74) is 0.980. The number of nitrogens with zero attached hydrogens (tertiary/aromatic N) is 2. The molecule has 0 aliphatic carbocycles. The zero-order chi connectivity index (χ0) is 19.4. The minimum absolute atomic E-state index is 0.0511. The van der Waals surface area contributed by atoms with Crippen molar-refractivity contribution in [2.45, 2.75) is 30.0 Å². The molecule has 1 aromatic carbocycles. The second-order valence-electron chi connectivity index (χ2n) is 6.61. The summed E-state index contributed by atoms with van der Waals surface area (Å²) in [6, 6.07) is 10.9. The van der Waals surface area contributed by atoms with Crippen molar-refractivity contribution in [3.05, 3.63) is 46.8 Å². The van der Waals surface area contributed by atoms with E-state index in [0.29, 0.717) is 23.8 Å². The molecular weight excluding hydrogens is 384 g/mol. The van der Waals surface area contributed by atoms with Crippen molar-refractivity contribution in [2.75, 3.05) is 27.2 Å². The smallest absolute Gasteiger partial charge is 0.252 e. The Morgan fingerprint density at radius 3 is 2.67 bits per heavy atom. The molecule has 8 heteroatoms. The Kier molecular flexibility index (Phi) is 6.18. The lowest BCUT2D eigenvalue weighted by atomic mass is 10.2. The first-order chi connectivity index (χ1) is 12.9. The van der Waals surface area contributed by atoms with E-state index in [1.165, 1.54) is 15.6 Å². The molecule has 1 aliphatic rings. The van der Waals surface area contributed by atoms with Crippen molar-refractivity contribution >= 4 is 27.3 Å². The van der Waals surface area contributed by atoms with Crippen LogP contribution < -0.4 is 4.74 Å². The first-order valence-electron chi connectivity index (χ1n) is 8.86. The molecule has 1 saturated heterocycles. The lowest BCUT2D eigenvalue weighted by molar-refractivity contribution is -0.129. The number of amides is 1. The summed E-state index contributed by atoms with van der Waals surface area (Å²) in [4.78, 5) is 14.9. The zero-order valence-corrected chi connectivity index (χ0v) is 17.2. The van der Waals surface area contributed by atoms with E-state index in [1.807, 2.05) is 24.3 Å². The van der Waals surface area contributed by atoms with Crippen LogP contribution in [0.2, 0.25) is 0 Å². The Labute approximate surface area is 164 Å². The van der Waals surface area contributed by atoms with Crippen LogP contribution in [0.25, 0.3) is 0 Å². The van der Waals surface area contributed by atoms with Gasteiger partial charge in [0.25, 0.3) is 10.0 Å².